The van der Waals surface area contributed by atoms with Crippen LogP contribution in [0.15, 0.2) is 21.5 Å². The first kappa shape index (κ1) is 17.3. The van der Waals surface area contributed by atoms with Crippen molar-refractivity contribution in [3.63, 3.8) is 0 Å². The lowest BCUT2D eigenvalue weighted by Crippen LogP contribution is -2.68. The average molecular weight is 335 g/mol. The number of rotatable bonds is 5. The van der Waals surface area contributed by atoms with E-state index in [-0.39, 0.29) is 12.0 Å². The van der Waals surface area contributed by atoms with Crippen LogP contribution in [0.1, 0.15) is 44.8 Å². The van der Waals surface area contributed by atoms with Crippen LogP contribution in [-0.2, 0) is 4.74 Å². The third-order valence-electron chi connectivity index (χ3n) is 5.25. The summed E-state index contributed by atoms with van der Waals surface area (Å²) in [6.07, 6.45) is 0.708. The molecule has 1 aromatic rings. The Bertz CT molecular complexity index is 596. The number of aliphatic hydroxyl groups excluding tert-OH is 1. The molecule has 134 valence electrons. The van der Waals surface area contributed by atoms with E-state index in [1.807, 2.05) is 19.9 Å². The highest BCUT2D eigenvalue weighted by atomic mass is 16.5. The number of aryl methyl sites for hydroxylation is 1. The van der Waals surface area contributed by atoms with E-state index in [0.29, 0.717) is 23.8 Å². The molecule has 1 aliphatic heterocycles. The highest BCUT2D eigenvalue weighted by Crippen LogP contribution is 2.52. The fourth-order valence-electron chi connectivity index (χ4n) is 3.98. The molecule has 0 spiro atoms. The van der Waals surface area contributed by atoms with E-state index in [4.69, 9.17) is 9.15 Å². The van der Waals surface area contributed by atoms with Gasteiger partial charge in [-0.15, -0.1) is 0 Å². The van der Waals surface area contributed by atoms with E-state index in [2.05, 4.69) is 29.5 Å². The predicted molar refractivity (Wildman–Crippen MR) is 92.9 cm³/mol. The maximum absolute atomic E-state index is 10.2. The van der Waals surface area contributed by atoms with Gasteiger partial charge in [-0.2, -0.15) is 0 Å². The molecule has 1 aliphatic carbocycles. The van der Waals surface area contributed by atoms with Gasteiger partial charge in [0, 0.05) is 30.5 Å². The summed E-state index contributed by atoms with van der Waals surface area (Å²) in [5, 5.41) is 17.0. The molecule has 24 heavy (non-hydrogen) atoms. The topological polar surface area (TPSA) is 79.0 Å². The minimum Gasteiger partial charge on any atom is -0.464 e. The van der Waals surface area contributed by atoms with Gasteiger partial charge in [-0.1, -0.05) is 13.8 Å². The molecule has 3 N–H and O–H groups in total. The number of ether oxygens (including phenoxy) is 1. The number of hydrogen-bond donors (Lipinski definition) is 3. The van der Waals surface area contributed by atoms with Gasteiger partial charge in [0.25, 0.3) is 0 Å². The lowest BCUT2D eigenvalue weighted by molar-refractivity contribution is -0.106. The van der Waals surface area contributed by atoms with Crippen molar-refractivity contribution in [1.29, 1.82) is 0 Å². The van der Waals surface area contributed by atoms with Crippen LogP contribution in [0.4, 0.5) is 0 Å². The lowest BCUT2D eigenvalue weighted by atomic mass is 9.57. The quantitative estimate of drug-likeness (QED) is 0.566. The molecule has 0 bridgehead atoms. The minimum absolute atomic E-state index is 0.0914. The summed E-state index contributed by atoms with van der Waals surface area (Å²) in [7, 11) is 0. The number of hydrogen-bond acceptors (Lipinski definition) is 4. The Labute approximate surface area is 143 Å². The van der Waals surface area contributed by atoms with Gasteiger partial charge in [0.1, 0.15) is 17.6 Å². The summed E-state index contributed by atoms with van der Waals surface area (Å²) in [6, 6.07) is 3.99. The van der Waals surface area contributed by atoms with Gasteiger partial charge in [0.2, 0.25) is 0 Å². The third-order valence-corrected chi connectivity index (χ3v) is 5.25. The summed E-state index contributed by atoms with van der Waals surface area (Å²) in [5.74, 6) is 2.63. The van der Waals surface area contributed by atoms with Crippen LogP contribution < -0.4 is 10.6 Å². The molecule has 1 aromatic heterocycles. The van der Waals surface area contributed by atoms with Gasteiger partial charge in [-0.3, -0.25) is 4.99 Å². The van der Waals surface area contributed by atoms with Crippen molar-refractivity contribution in [2.75, 3.05) is 19.7 Å². The maximum Gasteiger partial charge on any atom is 0.191 e. The van der Waals surface area contributed by atoms with Crippen LogP contribution in [-0.4, -0.2) is 42.9 Å². The zero-order valence-corrected chi connectivity index (χ0v) is 15.0. The molecule has 4 unspecified atom stereocenters. The van der Waals surface area contributed by atoms with Crippen molar-refractivity contribution >= 4 is 5.96 Å². The van der Waals surface area contributed by atoms with Gasteiger partial charge in [0.15, 0.2) is 5.96 Å². The van der Waals surface area contributed by atoms with Crippen LogP contribution in [0.5, 0.6) is 0 Å². The number of fused-ring (bicyclic) bond motifs is 1. The van der Waals surface area contributed by atoms with E-state index < -0.39 is 6.10 Å². The van der Waals surface area contributed by atoms with Crippen molar-refractivity contribution in [3.05, 3.63) is 23.7 Å². The zero-order valence-electron chi connectivity index (χ0n) is 15.0. The van der Waals surface area contributed by atoms with Crippen LogP contribution in [0.25, 0.3) is 0 Å². The summed E-state index contributed by atoms with van der Waals surface area (Å²) in [4.78, 5) is 4.54. The number of guanidine groups is 1. The van der Waals surface area contributed by atoms with Crippen molar-refractivity contribution in [2.24, 2.45) is 16.3 Å². The second kappa shape index (κ2) is 6.76. The molecule has 2 aliphatic rings. The second-order valence-electron chi connectivity index (χ2n) is 7.37. The Hall–Kier alpha value is -1.53. The second-order valence-corrected chi connectivity index (χ2v) is 7.37. The third kappa shape index (κ3) is 3.17. The van der Waals surface area contributed by atoms with Gasteiger partial charge in [0.05, 0.1) is 12.6 Å². The van der Waals surface area contributed by atoms with Crippen LogP contribution in [0.2, 0.25) is 0 Å². The van der Waals surface area contributed by atoms with E-state index in [1.165, 1.54) is 0 Å². The average Bonchev–Trinajstić information content (AvgIpc) is 3.17. The normalized spacial score (nSPS) is 29.7. The zero-order chi connectivity index (χ0) is 17.3. The molecule has 6 heteroatoms. The smallest absolute Gasteiger partial charge is 0.191 e. The molecule has 3 rings (SSSR count). The summed E-state index contributed by atoms with van der Waals surface area (Å²) < 4.78 is 11.3. The number of nitrogens with one attached hydrogen (secondary N) is 2. The van der Waals surface area contributed by atoms with Gasteiger partial charge >= 0.3 is 0 Å². The first-order chi connectivity index (χ1) is 11.4. The van der Waals surface area contributed by atoms with E-state index in [9.17, 15) is 5.11 Å². The number of aliphatic imine (C=N–C) groups is 1. The highest BCUT2D eigenvalue weighted by Gasteiger charge is 2.59. The van der Waals surface area contributed by atoms with Gasteiger partial charge < -0.3 is 24.9 Å². The standard InChI is InChI=1S/C18H29N3O3/c1-5-19-17(20-10-13(22)14-7-6-11(2)24-14)21-15-12-8-9-23-16(12)18(15,3)4/h6-7,12-13,15-16,22H,5,8-10H2,1-4H3,(H2,19,20,21). The fourth-order valence-corrected chi connectivity index (χ4v) is 3.98. The largest absolute Gasteiger partial charge is 0.464 e. The van der Waals surface area contributed by atoms with Crippen molar-refractivity contribution < 1.29 is 14.3 Å². The summed E-state index contributed by atoms with van der Waals surface area (Å²) in [6.45, 7) is 10.3. The Kier molecular flexibility index (Phi) is 4.88. The number of aliphatic hydroxyl groups is 1. The molecule has 4 atom stereocenters. The Balaban J connectivity index is 1.64. The Morgan fingerprint density at radius 3 is 2.92 bits per heavy atom. The molecule has 0 aromatic carbocycles. The Morgan fingerprint density at radius 2 is 2.25 bits per heavy atom. The van der Waals surface area contributed by atoms with E-state index in [1.54, 1.807) is 6.07 Å². The SMILES string of the molecule is CCNC(=NCC(O)c1ccc(C)o1)NC1C2CCOC2C1(C)C. The van der Waals surface area contributed by atoms with Crippen molar-refractivity contribution in [1.82, 2.24) is 10.6 Å². The van der Waals surface area contributed by atoms with Crippen LogP contribution in [0.3, 0.4) is 0 Å². The van der Waals surface area contributed by atoms with Crippen molar-refractivity contribution in [3.8, 4) is 0 Å². The molecule has 0 amide bonds. The lowest BCUT2D eigenvalue weighted by Gasteiger charge is -2.54. The molecule has 1 saturated carbocycles. The predicted octanol–water partition coefficient (Wildman–Crippen LogP) is 1.99. The molecule has 2 fully saturated rings. The summed E-state index contributed by atoms with van der Waals surface area (Å²) >= 11 is 0. The van der Waals surface area contributed by atoms with Crippen LogP contribution >= 0.6 is 0 Å². The van der Waals surface area contributed by atoms with E-state index in [0.717, 1.165) is 31.3 Å². The molecule has 0 radical (unpaired) electrons. The number of nitrogens with zero attached hydrogens (tertiary/aromatic N) is 1. The Morgan fingerprint density at radius 1 is 1.46 bits per heavy atom. The van der Waals surface area contributed by atoms with E-state index >= 15 is 0 Å². The molecule has 1 saturated heterocycles. The van der Waals surface area contributed by atoms with Gasteiger partial charge in [-0.05, 0) is 32.4 Å². The van der Waals surface area contributed by atoms with Gasteiger partial charge in [-0.25, -0.2) is 0 Å². The highest BCUT2D eigenvalue weighted by molar-refractivity contribution is 5.80. The maximum atomic E-state index is 10.2. The van der Waals surface area contributed by atoms with Crippen molar-refractivity contribution in [2.45, 2.75) is 52.4 Å². The molecule has 6 nitrogen and oxygen atoms in total. The minimum atomic E-state index is -0.730. The summed E-state index contributed by atoms with van der Waals surface area (Å²) in [5.41, 5.74) is 0.0914. The molecular weight excluding hydrogens is 306 g/mol. The fraction of sp³-hybridized carbons (Fsp3) is 0.722. The molecule has 2 heterocycles. The first-order valence-corrected chi connectivity index (χ1v) is 8.84. The van der Waals surface area contributed by atoms with Crippen LogP contribution in [0, 0.1) is 18.3 Å². The first-order valence-electron chi connectivity index (χ1n) is 8.84. The number of furan rings is 1. The molecular formula is C18H29N3O3. The monoisotopic (exact) mass is 335 g/mol.